The minimum atomic E-state index is -0.204. The Labute approximate surface area is 203 Å². The summed E-state index contributed by atoms with van der Waals surface area (Å²) in [6, 6.07) is 17.3. The number of benzene rings is 2. The van der Waals surface area contributed by atoms with Crippen molar-refractivity contribution in [1.29, 1.82) is 0 Å². The third-order valence-corrected chi connectivity index (χ3v) is 7.62. The molecule has 0 unspecified atom stereocenters. The maximum atomic E-state index is 13.0. The molecule has 0 aliphatic carbocycles. The van der Waals surface area contributed by atoms with Gasteiger partial charge in [-0.25, -0.2) is 4.98 Å². The van der Waals surface area contributed by atoms with Gasteiger partial charge < -0.3 is 10.2 Å². The number of amides is 2. The van der Waals surface area contributed by atoms with Crippen molar-refractivity contribution in [2.45, 2.75) is 30.2 Å². The highest BCUT2D eigenvalue weighted by Crippen LogP contribution is 2.32. The highest BCUT2D eigenvalue weighted by Gasteiger charge is 2.17. The second-order valence-electron chi connectivity index (χ2n) is 8.05. The van der Waals surface area contributed by atoms with Gasteiger partial charge in [-0.2, -0.15) is 11.8 Å². The number of rotatable bonds is 6. The van der Waals surface area contributed by atoms with Gasteiger partial charge in [-0.05, 0) is 55.3 Å². The van der Waals surface area contributed by atoms with Crippen LogP contribution in [0.1, 0.15) is 27.0 Å². The zero-order chi connectivity index (χ0) is 23.2. The van der Waals surface area contributed by atoms with Gasteiger partial charge in [0.05, 0.1) is 12.0 Å². The predicted molar refractivity (Wildman–Crippen MR) is 136 cm³/mol. The van der Waals surface area contributed by atoms with Gasteiger partial charge in [-0.3, -0.25) is 9.59 Å². The molecule has 0 bridgehead atoms. The van der Waals surface area contributed by atoms with Gasteiger partial charge in [0.2, 0.25) is 5.91 Å². The molecule has 7 heteroatoms. The summed E-state index contributed by atoms with van der Waals surface area (Å²) < 4.78 is 0. The van der Waals surface area contributed by atoms with Crippen molar-refractivity contribution in [2.75, 3.05) is 29.9 Å². The fourth-order valence-electron chi connectivity index (χ4n) is 3.67. The Balaban J connectivity index is 1.41. The van der Waals surface area contributed by atoms with Crippen molar-refractivity contribution in [3.8, 4) is 0 Å². The molecule has 1 saturated heterocycles. The number of anilines is 1. The summed E-state index contributed by atoms with van der Waals surface area (Å²) in [6.45, 7) is 5.78. The zero-order valence-electron chi connectivity index (χ0n) is 18.8. The Kier molecular flexibility index (Phi) is 7.73. The summed E-state index contributed by atoms with van der Waals surface area (Å²) in [6.07, 6.45) is 2.09. The van der Waals surface area contributed by atoms with Crippen molar-refractivity contribution in [2.24, 2.45) is 0 Å². The number of thioether (sulfide) groups is 1. The van der Waals surface area contributed by atoms with Gasteiger partial charge in [0.15, 0.2) is 0 Å². The molecule has 1 N–H and O–H groups in total. The lowest BCUT2D eigenvalue weighted by atomic mass is 10.1. The third-order valence-electron chi connectivity index (χ3n) is 5.48. The molecule has 2 heterocycles. The summed E-state index contributed by atoms with van der Waals surface area (Å²) in [5.41, 5.74) is 4.53. The van der Waals surface area contributed by atoms with E-state index < -0.39 is 0 Å². The highest BCUT2D eigenvalue weighted by atomic mass is 32.2. The zero-order valence-corrected chi connectivity index (χ0v) is 20.5. The quantitative estimate of drug-likeness (QED) is 0.527. The largest absolute Gasteiger partial charge is 0.341 e. The Morgan fingerprint density at radius 2 is 1.82 bits per heavy atom. The topological polar surface area (TPSA) is 62.3 Å². The number of nitrogens with zero attached hydrogens (tertiary/aromatic N) is 2. The lowest BCUT2D eigenvalue weighted by Gasteiger charge is -2.26. The molecule has 1 aromatic heterocycles. The molecule has 0 radical (unpaired) electrons. The maximum absolute atomic E-state index is 13.0. The SMILES string of the molecule is Cc1ccc(Sc2ncccc2C(=O)Nc2ccc(CC(=O)N3CCSCC3)cc2)c(C)c1. The Morgan fingerprint density at radius 3 is 2.55 bits per heavy atom. The molecule has 1 aliphatic rings. The number of aromatic nitrogens is 1. The first kappa shape index (κ1) is 23.4. The molecule has 0 saturated carbocycles. The normalized spacial score (nSPS) is 13.6. The molecule has 3 aromatic rings. The second-order valence-corrected chi connectivity index (χ2v) is 10.3. The highest BCUT2D eigenvalue weighted by molar-refractivity contribution is 7.99. The number of carbonyl (C=O) groups excluding carboxylic acids is 2. The van der Waals surface area contributed by atoms with E-state index in [0.717, 1.165) is 40.6 Å². The van der Waals surface area contributed by atoms with Crippen molar-refractivity contribution in [3.05, 3.63) is 83.0 Å². The monoisotopic (exact) mass is 477 g/mol. The van der Waals surface area contributed by atoms with E-state index in [1.807, 2.05) is 40.9 Å². The molecule has 2 aromatic carbocycles. The van der Waals surface area contributed by atoms with Crippen molar-refractivity contribution >= 4 is 41.0 Å². The molecular formula is C26H27N3O2S2. The molecule has 170 valence electrons. The van der Waals surface area contributed by atoms with Crippen LogP contribution in [0.25, 0.3) is 0 Å². The first-order valence-corrected chi connectivity index (χ1v) is 12.9. The van der Waals surface area contributed by atoms with Crippen LogP contribution in [-0.2, 0) is 11.2 Å². The fraction of sp³-hybridized carbons (Fsp3) is 0.269. The van der Waals surface area contributed by atoms with Crippen LogP contribution in [0.15, 0.2) is 70.7 Å². The van der Waals surface area contributed by atoms with E-state index in [0.29, 0.717) is 22.7 Å². The molecule has 0 atom stereocenters. The van der Waals surface area contributed by atoms with Crippen molar-refractivity contribution < 1.29 is 9.59 Å². The van der Waals surface area contributed by atoms with Crippen LogP contribution in [-0.4, -0.2) is 46.3 Å². The fourth-order valence-corrected chi connectivity index (χ4v) is 5.52. The number of carbonyl (C=O) groups is 2. The number of hydrogen-bond donors (Lipinski definition) is 1. The number of pyridine rings is 1. The minimum Gasteiger partial charge on any atom is -0.341 e. The minimum absolute atomic E-state index is 0.163. The van der Waals surface area contributed by atoms with Crippen LogP contribution >= 0.6 is 23.5 Å². The molecule has 1 fully saturated rings. The summed E-state index contributed by atoms with van der Waals surface area (Å²) >= 11 is 3.39. The van der Waals surface area contributed by atoms with E-state index in [1.54, 1.807) is 18.3 Å². The van der Waals surface area contributed by atoms with E-state index >= 15 is 0 Å². The van der Waals surface area contributed by atoms with E-state index in [2.05, 4.69) is 42.3 Å². The van der Waals surface area contributed by atoms with E-state index in [4.69, 9.17) is 0 Å². The molecular weight excluding hydrogens is 450 g/mol. The van der Waals surface area contributed by atoms with Gasteiger partial charge in [0.25, 0.3) is 5.91 Å². The first-order valence-electron chi connectivity index (χ1n) is 11.0. The number of nitrogens with one attached hydrogen (secondary N) is 1. The van der Waals surface area contributed by atoms with Crippen LogP contribution in [0.2, 0.25) is 0 Å². The number of aryl methyl sites for hydroxylation is 2. The Hall–Kier alpha value is -2.77. The van der Waals surface area contributed by atoms with Crippen LogP contribution < -0.4 is 5.32 Å². The summed E-state index contributed by atoms with van der Waals surface area (Å²) in [5, 5.41) is 3.63. The van der Waals surface area contributed by atoms with Crippen molar-refractivity contribution in [1.82, 2.24) is 9.88 Å². The van der Waals surface area contributed by atoms with Gasteiger partial charge in [-0.15, -0.1) is 0 Å². The standard InChI is InChI=1S/C26H27N3O2S2/c1-18-5-10-23(19(2)16-18)33-26-22(4-3-11-27-26)25(31)28-21-8-6-20(7-9-21)17-24(30)29-12-14-32-15-13-29/h3-11,16H,12-15,17H2,1-2H3,(H,28,31). The molecule has 1 aliphatic heterocycles. The average Bonchev–Trinajstić information content (AvgIpc) is 2.83. The lowest BCUT2D eigenvalue weighted by Crippen LogP contribution is -2.38. The van der Waals surface area contributed by atoms with Gasteiger partial charge >= 0.3 is 0 Å². The summed E-state index contributed by atoms with van der Waals surface area (Å²) in [5.74, 6) is 1.98. The average molecular weight is 478 g/mol. The van der Waals surface area contributed by atoms with Crippen molar-refractivity contribution in [3.63, 3.8) is 0 Å². The predicted octanol–water partition coefficient (Wildman–Crippen LogP) is 5.22. The van der Waals surface area contributed by atoms with E-state index in [-0.39, 0.29) is 11.8 Å². The smallest absolute Gasteiger partial charge is 0.258 e. The number of hydrogen-bond acceptors (Lipinski definition) is 5. The van der Waals surface area contributed by atoms with E-state index in [1.165, 1.54) is 17.3 Å². The van der Waals surface area contributed by atoms with Gasteiger partial charge in [0, 0.05) is 41.4 Å². The lowest BCUT2D eigenvalue weighted by molar-refractivity contribution is -0.130. The van der Waals surface area contributed by atoms with Gasteiger partial charge in [-0.1, -0.05) is 41.6 Å². The van der Waals surface area contributed by atoms with Crippen LogP contribution in [0.4, 0.5) is 5.69 Å². The molecule has 5 nitrogen and oxygen atoms in total. The molecule has 0 spiro atoms. The Bertz CT molecular complexity index is 1140. The summed E-state index contributed by atoms with van der Waals surface area (Å²) in [4.78, 5) is 33.0. The van der Waals surface area contributed by atoms with Crippen LogP contribution in [0, 0.1) is 13.8 Å². The van der Waals surface area contributed by atoms with Crippen LogP contribution in [0.5, 0.6) is 0 Å². The van der Waals surface area contributed by atoms with Crippen LogP contribution in [0.3, 0.4) is 0 Å². The molecule has 2 amide bonds. The molecule has 4 rings (SSSR count). The first-order chi connectivity index (χ1) is 16.0. The second kappa shape index (κ2) is 10.9. The molecule has 33 heavy (non-hydrogen) atoms. The third kappa shape index (κ3) is 6.18. The summed E-state index contributed by atoms with van der Waals surface area (Å²) in [7, 11) is 0. The van der Waals surface area contributed by atoms with Gasteiger partial charge in [0.1, 0.15) is 5.03 Å². The maximum Gasteiger partial charge on any atom is 0.258 e. The Morgan fingerprint density at radius 1 is 1.06 bits per heavy atom. The van der Waals surface area contributed by atoms with E-state index in [9.17, 15) is 9.59 Å².